The summed E-state index contributed by atoms with van der Waals surface area (Å²) >= 11 is 5.51. The predicted molar refractivity (Wildman–Crippen MR) is 84.4 cm³/mol. The minimum atomic E-state index is -5.18. The van der Waals surface area contributed by atoms with Gasteiger partial charge < -0.3 is 5.32 Å². The van der Waals surface area contributed by atoms with Crippen molar-refractivity contribution in [2.24, 2.45) is 0 Å². The van der Waals surface area contributed by atoms with E-state index in [1.807, 2.05) is 0 Å². The molecule has 1 aromatic carbocycles. The third kappa shape index (κ3) is 3.86. The number of nitrogens with zero attached hydrogens (tertiary/aromatic N) is 4. The van der Waals surface area contributed by atoms with E-state index in [2.05, 4.69) is 15.3 Å². The Balaban J connectivity index is 2.83. The van der Waals surface area contributed by atoms with Crippen LogP contribution in [-0.4, -0.2) is 19.8 Å². The molecule has 0 aliphatic heterocycles. The first kappa shape index (κ1) is 20.2. The SMILES string of the molecule is CCc1c(F)ncnc1Nc1c([N+](=O)[O-])cc(C(F)(F)F)c(Cl)c1[N+](=O)[O-]. The fraction of sp³-hybridized carbons (Fsp3) is 0.231. The lowest BCUT2D eigenvalue weighted by Gasteiger charge is -2.14. The Kier molecular flexibility index (Phi) is 5.44. The quantitative estimate of drug-likeness (QED) is 0.335. The molecule has 14 heteroatoms. The van der Waals surface area contributed by atoms with Gasteiger partial charge in [-0.15, -0.1) is 0 Å². The maximum Gasteiger partial charge on any atom is 0.418 e. The standard InChI is InChI=1S/C13H8ClF4N5O4/c1-2-5-11(15)19-4-20-12(5)21-9-7(22(24)25)3-6(13(16,17)18)8(14)10(9)23(26)27/h3-4H,2H2,1H3,(H,19,20,21). The Hall–Kier alpha value is -3.09. The van der Waals surface area contributed by atoms with Gasteiger partial charge in [-0.05, 0) is 6.42 Å². The minimum Gasteiger partial charge on any atom is -0.328 e. The van der Waals surface area contributed by atoms with E-state index in [0.29, 0.717) is 0 Å². The molecule has 0 atom stereocenters. The van der Waals surface area contributed by atoms with E-state index in [1.165, 1.54) is 6.92 Å². The van der Waals surface area contributed by atoms with Gasteiger partial charge in [-0.25, -0.2) is 9.97 Å². The second-order valence-electron chi connectivity index (χ2n) is 4.96. The van der Waals surface area contributed by atoms with Gasteiger partial charge in [0.1, 0.15) is 17.2 Å². The van der Waals surface area contributed by atoms with Crippen molar-refractivity contribution in [3.05, 3.63) is 54.7 Å². The van der Waals surface area contributed by atoms with Gasteiger partial charge in [0.2, 0.25) is 5.95 Å². The highest BCUT2D eigenvalue weighted by Gasteiger charge is 2.42. The molecule has 1 aromatic heterocycles. The van der Waals surface area contributed by atoms with E-state index < -0.39 is 49.6 Å². The number of hydrogen-bond acceptors (Lipinski definition) is 7. The van der Waals surface area contributed by atoms with Crippen molar-refractivity contribution < 1.29 is 27.4 Å². The van der Waals surface area contributed by atoms with Gasteiger partial charge in [0, 0.05) is 11.6 Å². The Morgan fingerprint density at radius 2 is 1.85 bits per heavy atom. The van der Waals surface area contributed by atoms with Crippen LogP contribution in [0.4, 0.5) is 40.4 Å². The molecule has 0 aliphatic rings. The van der Waals surface area contributed by atoms with Crippen LogP contribution in [0.15, 0.2) is 12.4 Å². The average molecular weight is 410 g/mol. The Morgan fingerprint density at radius 3 is 2.33 bits per heavy atom. The Labute approximate surface area is 152 Å². The van der Waals surface area contributed by atoms with Crippen molar-refractivity contribution in [2.45, 2.75) is 19.5 Å². The van der Waals surface area contributed by atoms with Crippen LogP contribution in [0.5, 0.6) is 0 Å². The molecular weight excluding hydrogens is 402 g/mol. The van der Waals surface area contributed by atoms with E-state index >= 15 is 0 Å². The third-order valence-corrected chi connectivity index (χ3v) is 3.78. The minimum absolute atomic E-state index is 0.00896. The predicted octanol–water partition coefficient (Wildman–Crippen LogP) is 4.41. The molecule has 0 fully saturated rings. The highest BCUT2D eigenvalue weighted by Crippen LogP contribution is 2.48. The molecule has 0 saturated carbocycles. The summed E-state index contributed by atoms with van der Waals surface area (Å²) in [5.41, 5.74) is -5.57. The lowest BCUT2D eigenvalue weighted by molar-refractivity contribution is -0.392. The number of nitrogens with one attached hydrogen (secondary N) is 1. The topological polar surface area (TPSA) is 124 Å². The first-order chi connectivity index (χ1) is 12.5. The molecule has 144 valence electrons. The summed E-state index contributed by atoms with van der Waals surface area (Å²) in [4.78, 5) is 26.9. The molecule has 0 amide bonds. The zero-order valence-corrected chi connectivity index (χ0v) is 13.9. The molecule has 0 spiro atoms. The summed E-state index contributed by atoms with van der Waals surface area (Å²) in [5, 5.41) is 23.3. The van der Waals surface area contributed by atoms with E-state index in [1.54, 1.807) is 0 Å². The van der Waals surface area contributed by atoms with Crippen LogP contribution in [0, 0.1) is 26.2 Å². The van der Waals surface area contributed by atoms with Crippen LogP contribution in [0.3, 0.4) is 0 Å². The fourth-order valence-corrected chi connectivity index (χ4v) is 2.53. The van der Waals surface area contributed by atoms with Gasteiger partial charge in [0.15, 0.2) is 5.69 Å². The highest BCUT2D eigenvalue weighted by atomic mass is 35.5. The van der Waals surface area contributed by atoms with Gasteiger partial charge in [-0.1, -0.05) is 18.5 Å². The number of alkyl halides is 3. The average Bonchev–Trinajstić information content (AvgIpc) is 2.53. The first-order valence-electron chi connectivity index (χ1n) is 6.97. The van der Waals surface area contributed by atoms with Crippen LogP contribution < -0.4 is 5.32 Å². The van der Waals surface area contributed by atoms with Gasteiger partial charge in [-0.3, -0.25) is 20.2 Å². The number of anilines is 2. The molecule has 0 aliphatic carbocycles. The van der Waals surface area contributed by atoms with Gasteiger partial charge in [0.05, 0.1) is 15.4 Å². The van der Waals surface area contributed by atoms with Crippen molar-refractivity contribution in [1.29, 1.82) is 0 Å². The smallest absolute Gasteiger partial charge is 0.328 e. The Morgan fingerprint density at radius 1 is 1.22 bits per heavy atom. The summed E-state index contributed by atoms with van der Waals surface area (Å²) in [6.07, 6.45) is -4.45. The zero-order valence-electron chi connectivity index (χ0n) is 13.2. The second-order valence-corrected chi connectivity index (χ2v) is 5.34. The molecule has 27 heavy (non-hydrogen) atoms. The first-order valence-corrected chi connectivity index (χ1v) is 7.35. The van der Waals surface area contributed by atoms with Crippen LogP contribution in [-0.2, 0) is 12.6 Å². The van der Waals surface area contributed by atoms with Gasteiger partial charge in [-0.2, -0.15) is 17.6 Å². The number of halogens is 5. The van der Waals surface area contributed by atoms with Crippen LogP contribution >= 0.6 is 11.6 Å². The highest BCUT2D eigenvalue weighted by molar-refractivity contribution is 6.34. The summed E-state index contributed by atoms with van der Waals surface area (Å²) in [7, 11) is 0. The molecular formula is C13H8ClF4N5O4. The Bertz CT molecular complexity index is 938. The fourth-order valence-electron chi connectivity index (χ4n) is 2.21. The summed E-state index contributed by atoms with van der Waals surface area (Å²) in [5.74, 6) is -1.38. The van der Waals surface area contributed by atoms with Crippen molar-refractivity contribution in [3.63, 3.8) is 0 Å². The molecule has 1 heterocycles. The molecule has 0 unspecified atom stereocenters. The monoisotopic (exact) mass is 409 g/mol. The summed E-state index contributed by atoms with van der Waals surface area (Å²) < 4.78 is 52.9. The maximum atomic E-state index is 13.7. The van der Waals surface area contributed by atoms with Gasteiger partial charge >= 0.3 is 17.6 Å². The second kappa shape index (κ2) is 7.26. The number of nitro groups is 2. The molecule has 1 N–H and O–H groups in total. The molecule has 2 aromatic rings. The van der Waals surface area contributed by atoms with Crippen molar-refractivity contribution >= 4 is 34.5 Å². The zero-order chi connectivity index (χ0) is 20.5. The van der Waals surface area contributed by atoms with Crippen molar-refractivity contribution in [2.75, 3.05) is 5.32 Å². The van der Waals surface area contributed by atoms with Crippen LogP contribution in [0.2, 0.25) is 5.02 Å². The number of aromatic nitrogens is 2. The largest absolute Gasteiger partial charge is 0.418 e. The lowest BCUT2D eigenvalue weighted by Crippen LogP contribution is -2.12. The van der Waals surface area contributed by atoms with Crippen LogP contribution in [0.1, 0.15) is 18.1 Å². The van der Waals surface area contributed by atoms with Gasteiger partial charge in [0.25, 0.3) is 0 Å². The molecule has 0 saturated heterocycles. The van der Waals surface area contributed by atoms with Crippen molar-refractivity contribution in [1.82, 2.24) is 9.97 Å². The van der Waals surface area contributed by atoms with E-state index in [0.717, 1.165) is 6.33 Å². The molecule has 0 radical (unpaired) electrons. The molecule has 2 rings (SSSR count). The molecule has 9 nitrogen and oxygen atoms in total. The number of nitro benzene ring substituents is 2. The van der Waals surface area contributed by atoms with Crippen LogP contribution in [0.25, 0.3) is 0 Å². The van der Waals surface area contributed by atoms with E-state index in [4.69, 9.17) is 11.6 Å². The number of rotatable bonds is 5. The maximum absolute atomic E-state index is 13.7. The third-order valence-electron chi connectivity index (χ3n) is 3.39. The van der Waals surface area contributed by atoms with Crippen molar-refractivity contribution in [3.8, 4) is 0 Å². The summed E-state index contributed by atoms with van der Waals surface area (Å²) in [6.45, 7) is 1.48. The normalized spacial score (nSPS) is 11.3. The molecule has 0 bridgehead atoms. The summed E-state index contributed by atoms with van der Waals surface area (Å²) in [6, 6.07) is 0.0564. The lowest BCUT2D eigenvalue weighted by atomic mass is 10.1. The van der Waals surface area contributed by atoms with E-state index in [-0.39, 0.29) is 23.9 Å². The van der Waals surface area contributed by atoms with E-state index in [9.17, 15) is 37.8 Å². The number of benzene rings is 1. The number of hydrogen-bond donors (Lipinski definition) is 1.